The van der Waals surface area contributed by atoms with Gasteiger partial charge in [0.25, 0.3) is 5.56 Å². The highest BCUT2D eigenvalue weighted by Gasteiger charge is 2.21. The molecule has 2 heterocycles. The van der Waals surface area contributed by atoms with Crippen LogP contribution in [0.3, 0.4) is 0 Å². The Kier molecular flexibility index (Phi) is 2.19. The van der Waals surface area contributed by atoms with Gasteiger partial charge in [0.1, 0.15) is 0 Å². The molecular formula is C10H10ClNO2. The van der Waals surface area contributed by atoms with Gasteiger partial charge in [0.15, 0.2) is 6.29 Å². The van der Waals surface area contributed by atoms with E-state index in [1.54, 1.807) is 11.5 Å². The van der Waals surface area contributed by atoms with E-state index in [0.29, 0.717) is 22.7 Å². The van der Waals surface area contributed by atoms with Gasteiger partial charge in [0.05, 0.1) is 10.6 Å². The third-order valence-corrected chi connectivity index (χ3v) is 3.17. The van der Waals surface area contributed by atoms with E-state index in [9.17, 15) is 9.59 Å². The molecule has 1 aromatic rings. The number of carbonyl (C=O) groups is 1. The zero-order valence-corrected chi connectivity index (χ0v) is 8.60. The molecule has 0 fully saturated rings. The molecule has 0 aromatic carbocycles. The summed E-state index contributed by atoms with van der Waals surface area (Å²) in [5.41, 5.74) is 1.69. The highest BCUT2D eigenvalue weighted by molar-refractivity contribution is 6.33. The second-order valence-corrected chi connectivity index (χ2v) is 3.86. The summed E-state index contributed by atoms with van der Waals surface area (Å²) in [5, 5.41) is 0.318. The zero-order chi connectivity index (χ0) is 10.3. The number of aldehydes is 1. The van der Waals surface area contributed by atoms with E-state index >= 15 is 0 Å². The summed E-state index contributed by atoms with van der Waals surface area (Å²) in [6, 6.07) is 0. The van der Waals surface area contributed by atoms with Crippen LogP contribution in [0.25, 0.3) is 0 Å². The lowest BCUT2D eigenvalue weighted by atomic mass is 10.1. The van der Waals surface area contributed by atoms with Gasteiger partial charge in [-0.05, 0) is 19.8 Å². The molecular weight excluding hydrogens is 202 g/mol. The van der Waals surface area contributed by atoms with Crippen molar-refractivity contribution >= 4 is 17.9 Å². The summed E-state index contributed by atoms with van der Waals surface area (Å²) in [4.78, 5) is 22.6. The van der Waals surface area contributed by atoms with Gasteiger partial charge in [0.2, 0.25) is 0 Å². The van der Waals surface area contributed by atoms with Crippen molar-refractivity contribution < 1.29 is 4.79 Å². The molecule has 0 bridgehead atoms. The number of nitrogens with zero attached hydrogens (tertiary/aromatic N) is 1. The van der Waals surface area contributed by atoms with Gasteiger partial charge in [-0.25, -0.2) is 0 Å². The number of rotatable bonds is 1. The fraction of sp³-hybridized carbons (Fsp3) is 0.400. The van der Waals surface area contributed by atoms with Crippen LogP contribution in [-0.2, 0) is 13.0 Å². The van der Waals surface area contributed by atoms with Crippen LogP contribution in [0.4, 0.5) is 0 Å². The predicted octanol–water partition coefficient (Wildman–Crippen LogP) is 1.57. The Bertz CT molecular complexity index is 462. The highest BCUT2D eigenvalue weighted by Crippen LogP contribution is 2.24. The average molecular weight is 212 g/mol. The van der Waals surface area contributed by atoms with Crippen molar-refractivity contribution in [3.63, 3.8) is 0 Å². The van der Waals surface area contributed by atoms with Crippen molar-refractivity contribution in [3.8, 4) is 0 Å². The van der Waals surface area contributed by atoms with E-state index in [4.69, 9.17) is 11.6 Å². The molecule has 0 aliphatic carbocycles. The molecule has 0 N–H and O–H groups in total. The molecule has 1 aliphatic heterocycles. The normalized spacial score (nSPS) is 14.1. The Morgan fingerprint density at radius 2 is 2.21 bits per heavy atom. The first-order valence-electron chi connectivity index (χ1n) is 4.53. The van der Waals surface area contributed by atoms with Crippen LogP contribution >= 0.6 is 11.6 Å². The third kappa shape index (κ3) is 1.12. The molecule has 4 heteroatoms. The van der Waals surface area contributed by atoms with Gasteiger partial charge >= 0.3 is 0 Å². The summed E-state index contributed by atoms with van der Waals surface area (Å²) in [5.74, 6) is 0. The van der Waals surface area contributed by atoms with E-state index in [0.717, 1.165) is 24.8 Å². The van der Waals surface area contributed by atoms with E-state index in [1.807, 2.05) is 0 Å². The molecule has 0 spiro atoms. The monoisotopic (exact) mass is 211 g/mol. The number of hydrogen-bond acceptors (Lipinski definition) is 2. The van der Waals surface area contributed by atoms with Crippen LogP contribution in [0, 0.1) is 6.92 Å². The van der Waals surface area contributed by atoms with Crippen LogP contribution in [0.5, 0.6) is 0 Å². The highest BCUT2D eigenvalue weighted by atomic mass is 35.5. The number of pyridine rings is 1. The SMILES string of the molecule is Cc1c(Cl)c(C=O)c2n(c1=O)CCC2. The van der Waals surface area contributed by atoms with Gasteiger partial charge in [-0.1, -0.05) is 11.6 Å². The molecule has 0 unspecified atom stereocenters. The number of hydrogen-bond donors (Lipinski definition) is 0. The summed E-state index contributed by atoms with van der Waals surface area (Å²) < 4.78 is 1.66. The molecule has 1 aromatic heterocycles. The Morgan fingerprint density at radius 1 is 1.50 bits per heavy atom. The van der Waals surface area contributed by atoms with Gasteiger partial charge in [0, 0.05) is 17.8 Å². The van der Waals surface area contributed by atoms with Crippen LogP contribution in [0.1, 0.15) is 28.0 Å². The number of aromatic nitrogens is 1. The van der Waals surface area contributed by atoms with E-state index in [1.165, 1.54) is 0 Å². The summed E-state index contributed by atoms with van der Waals surface area (Å²) in [6.45, 7) is 2.36. The third-order valence-electron chi connectivity index (χ3n) is 2.68. The minimum atomic E-state index is -0.0619. The van der Waals surface area contributed by atoms with Crippen LogP contribution < -0.4 is 5.56 Å². The molecule has 0 saturated carbocycles. The molecule has 0 atom stereocenters. The van der Waals surface area contributed by atoms with Crippen molar-refractivity contribution in [2.24, 2.45) is 0 Å². The van der Waals surface area contributed by atoms with Crippen molar-refractivity contribution in [1.82, 2.24) is 4.57 Å². The fourth-order valence-electron chi connectivity index (χ4n) is 1.92. The lowest BCUT2D eigenvalue weighted by molar-refractivity contribution is 0.112. The molecule has 2 rings (SSSR count). The molecule has 0 amide bonds. The molecule has 1 aliphatic rings. The van der Waals surface area contributed by atoms with E-state index in [2.05, 4.69) is 0 Å². The van der Waals surface area contributed by atoms with E-state index in [-0.39, 0.29) is 5.56 Å². The Labute approximate surface area is 86.3 Å². The van der Waals surface area contributed by atoms with E-state index < -0.39 is 0 Å². The molecule has 3 nitrogen and oxygen atoms in total. The first-order chi connectivity index (χ1) is 6.66. The summed E-state index contributed by atoms with van der Waals surface area (Å²) >= 11 is 5.94. The second kappa shape index (κ2) is 3.24. The first kappa shape index (κ1) is 9.46. The van der Waals surface area contributed by atoms with Gasteiger partial charge in [-0.2, -0.15) is 0 Å². The Morgan fingerprint density at radius 3 is 2.86 bits per heavy atom. The Hall–Kier alpha value is -1.09. The van der Waals surface area contributed by atoms with Gasteiger partial charge in [-0.15, -0.1) is 0 Å². The summed E-state index contributed by atoms with van der Waals surface area (Å²) in [6.07, 6.45) is 2.42. The average Bonchev–Trinajstić information content (AvgIpc) is 2.64. The number of halogens is 1. The molecule has 74 valence electrons. The minimum absolute atomic E-state index is 0.0619. The maximum atomic E-state index is 11.7. The number of fused-ring (bicyclic) bond motifs is 1. The second-order valence-electron chi connectivity index (χ2n) is 3.48. The first-order valence-corrected chi connectivity index (χ1v) is 4.91. The topological polar surface area (TPSA) is 39.1 Å². The van der Waals surface area contributed by atoms with Gasteiger partial charge in [-0.3, -0.25) is 9.59 Å². The zero-order valence-electron chi connectivity index (χ0n) is 7.84. The van der Waals surface area contributed by atoms with Crippen LogP contribution in [0.2, 0.25) is 5.02 Å². The van der Waals surface area contributed by atoms with Gasteiger partial charge < -0.3 is 4.57 Å². The van der Waals surface area contributed by atoms with Crippen LogP contribution in [0.15, 0.2) is 4.79 Å². The Balaban J connectivity index is 2.87. The van der Waals surface area contributed by atoms with Crippen molar-refractivity contribution in [2.75, 3.05) is 0 Å². The lowest BCUT2D eigenvalue weighted by Crippen LogP contribution is -2.23. The quantitative estimate of drug-likeness (QED) is 0.662. The van der Waals surface area contributed by atoms with Crippen molar-refractivity contribution in [1.29, 1.82) is 0 Å². The summed E-state index contributed by atoms with van der Waals surface area (Å²) in [7, 11) is 0. The number of carbonyl (C=O) groups excluding carboxylic acids is 1. The smallest absolute Gasteiger partial charge is 0.255 e. The fourth-order valence-corrected chi connectivity index (χ4v) is 2.16. The minimum Gasteiger partial charge on any atom is -0.312 e. The molecule has 14 heavy (non-hydrogen) atoms. The molecule has 0 saturated heterocycles. The van der Waals surface area contributed by atoms with Crippen molar-refractivity contribution in [3.05, 3.63) is 32.2 Å². The standard InChI is InChI=1S/C10H10ClNO2/c1-6-9(11)7(5-13)8-3-2-4-12(8)10(6)14/h5H,2-4H2,1H3. The largest absolute Gasteiger partial charge is 0.312 e. The molecule has 0 radical (unpaired) electrons. The lowest BCUT2D eigenvalue weighted by Gasteiger charge is -2.09. The maximum Gasteiger partial charge on any atom is 0.255 e. The van der Waals surface area contributed by atoms with Crippen LogP contribution in [-0.4, -0.2) is 10.9 Å². The predicted molar refractivity (Wildman–Crippen MR) is 54.2 cm³/mol. The maximum absolute atomic E-state index is 11.7. The van der Waals surface area contributed by atoms with Crippen molar-refractivity contribution in [2.45, 2.75) is 26.3 Å².